The first-order valence-electron chi connectivity index (χ1n) is 7.21. The molecule has 0 aliphatic carbocycles. The molecule has 0 atom stereocenters. The molecule has 21 heavy (non-hydrogen) atoms. The third kappa shape index (κ3) is 2.95. The van der Waals surface area contributed by atoms with E-state index in [1.54, 1.807) is 30.6 Å². The van der Waals surface area contributed by atoms with Crippen LogP contribution in [0.4, 0.5) is 11.4 Å². The van der Waals surface area contributed by atoms with Gasteiger partial charge >= 0.3 is 0 Å². The topological polar surface area (TPSA) is 80.1 Å². The minimum atomic E-state index is -0.348. The van der Waals surface area contributed by atoms with Crippen molar-refractivity contribution in [2.24, 2.45) is 5.92 Å². The highest BCUT2D eigenvalue weighted by Crippen LogP contribution is 2.31. The van der Waals surface area contributed by atoms with E-state index in [-0.39, 0.29) is 10.6 Å². The largest absolute Gasteiger partial charge is 0.384 e. The molecule has 0 unspecified atom stereocenters. The molecule has 6 heteroatoms. The Hall–Kier alpha value is -2.21. The molecule has 1 aliphatic rings. The van der Waals surface area contributed by atoms with Crippen LogP contribution in [0.1, 0.15) is 12.8 Å². The highest BCUT2D eigenvalue weighted by molar-refractivity contribution is 5.99. The normalized spacial score (nSPS) is 16.0. The standard InChI is InChI=1S/C15H18N4O2/c20-19(21)15-2-1-14(13-10-17-8-5-12(13)15)18-9-11-3-6-16-7-4-11/h1-2,5,8,10-11,16,18H,3-4,6-7,9H2. The predicted molar refractivity (Wildman–Crippen MR) is 82.5 cm³/mol. The van der Waals surface area contributed by atoms with Gasteiger partial charge in [0.2, 0.25) is 0 Å². The molecule has 2 N–H and O–H groups in total. The van der Waals surface area contributed by atoms with E-state index in [4.69, 9.17) is 0 Å². The molecule has 1 fully saturated rings. The zero-order valence-corrected chi connectivity index (χ0v) is 11.7. The van der Waals surface area contributed by atoms with Gasteiger partial charge in [-0.25, -0.2) is 0 Å². The Morgan fingerprint density at radius 2 is 2.10 bits per heavy atom. The summed E-state index contributed by atoms with van der Waals surface area (Å²) in [5.41, 5.74) is 1.04. The maximum atomic E-state index is 11.1. The Morgan fingerprint density at radius 1 is 1.29 bits per heavy atom. The lowest BCUT2D eigenvalue weighted by molar-refractivity contribution is -0.383. The number of aromatic nitrogens is 1. The quantitative estimate of drug-likeness (QED) is 0.667. The van der Waals surface area contributed by atoms with Gasteiger partial charge in [-0.2, -0.15) is 0 Å². The van der Waals surface area contributed by atoms with Crippen molar-refractivity contribution in [2.75, 3.05) is 25.0 Å². The van der Waals surface area contributed by atoms with Crippen LogP contribution in [0.3, 0.4) is 0 Å². The monoisotopic (exact) mass is 286 g/mol. The number of rotatable bonds is 4. The number of nitrogens with one attached hydrogen (secondary N) is 2. The fourth-order valence-electron chi connectivity index (χ4n) is 2.83. The molecule has 0 spiro atoms. The van der Waals surface area contributed by atoms with Crippen molar-refractivity contribution >= 4 is 22.1 Å². The second kappa shape index (κ2) is 6.05. The Bertz CT molecular complexity index is 653. The van der Waals surface area contributed by atoms with Crippen LogP contribution < -0.4 is 10.6 Å². The molecule has 110 valence electrons. The summed E-state index contributed by atoms with van der Waals surface area (Å²) in [5.74, 6) is 0.646. The molecule has 0 amide bonds. The minimum Gasteiger partial charge on any atom is -0.384 e. The summed E-state index contributed by atoms with van der Waals surface area (Å²) in [7, 11) is 0. The second-order valence-corrected chi connectivity index (χ2v) is 5.38. The van der Waals surface area contributed by atoms with Gasteiger partial charge < -0.3 is 10.6 Å². The molecule has 0 radical (unpaired) electrons. The van der Waals surface area contributed by atoms with Crippen molar-refractivity contribution in [2.45, 2.75) is 12.8 Å². The highest BCUT2D eigenvalue weighted by atomic mass is 16.6. The zero-order valence-electron chi connectivity index (χ0n) is 11.7. The molecule has 0 bridgehead atoms. The van der Waals surface area contributed by atoms with Crippen molar-refractivity contribution in [1.82, 2.24) is 10.3 Å². The smallest absolute Gasteiger partial charge is 0.277 e. The molecule has 1 aromatic carbocycles. The number of anilines is 1. The van der Waals surface area contributed by atoms with Crippen molar-refractivity contribution in [3.8, 4) is 0 Å². The zero-order chi connectivity index (χ0) is 14.7. The SMILES string of the molecule is O=[N+]([O-])c1ccc(NCC2CCNCC2)c2cnccc12. The van der Waals surface area contributed by atoms with Crippen LogP contribution in [0.5, 0.6) is 0 Å². The van der Waals surface area contributed by atoms with Crippen LogP contribution in [0.2, 0.25) is 0 Å². The van der Waals surface area contributed by atoms with Gasteiger partial charge in [-0.05, 0) is 44.0 Å². The summed E-state index contributed by atoms with van der Waals surface area (Å²) in [4.78, 5) is 14.8. The molecule has 0 saturated carbocycles. The number of piperidine rings is 1. The third-order valence-electron chi connectivity index (χ3n) is 4.03. The van der Waals surface area contributed by atoms with Crippen molar-refractivity contribution in [3.63, 3.8) is 0 Å². The summed E-state index contributed by atoms with van der Waals surface area (Å²) in [6.07, 6.45) is 5.60. The van der Waals surface area contributed by atoms with E-state index in [1.165, 1.54) is 0 Å². The van der Waals surface area contributed by atoms with Crippen LogP contribution in [0.15, 0.2) is 30.6 Å². The number of hydrogen-bond donors (Lipinski definition) is 2. The number of non-ortho nitro benzene ring substituents is 1. The summed E-state index contributed by atoms with van der Waals surface area (Å²) >= 11 is 0. The average molecular weight is 286 g/mol. The summed E-state index contributed by atoms with van der Waals surface area (Å²) < 4.78 is 0. The van der Waals surface area contributed by atoms with E-state index in [9.17, 15) is 10.1 Å². The van der Waals surface area contributed by atoms with Gasteiger partial charge in [0.05, 0.1) is 10.3 Å². The van der Waals surface area contributed by atoms with Crippen LogP contribution >= 0.6 is 0 Å². The molecule has 1 saturated heterocycles. The maximum absolute atomic E-state index is 11.1. The summed E-state index contributed by atoms with van der Waals surface area (Å²) in [6, 6.07) is 5.04. The summed E-state index contributed by atoms with van der Waals surface area (Å²) in [6.45, 7) is 3.02. The lowest BCUT2D eigenvalue weighted by Crippen LogP contribution is -2.31. The van der Waals surface area contributed by atoms with Gasteiger partial charge in [0.25, 0.3) is 5.69 Å². The molecular formula is C15H18N4O2. The number of nitrogens with zero attached hydrogens (tertiary/aromatic N) is 2. The van der Waals surface area contributed by atoms with Gasteiger partial charge in [-0.1, -0.05) is 0 Å². The van der Waals surface area contributed by atoms with E-state index in [0.717, 1.165) is 43.5 Å². The van der Waals surface area contributed by atoms with Gasteiger partial charge in [0, 0.05) is 36.1 Å². The molecule has 2 aromatic rings. The number of pyridine rings is 1. The number of hydrogen-bond acceptors (Lipinski definition) is 5. The highest BCUT2D eigenvalue weighted by Gasteiger charge is 2.16. The lowest BCUT2D eigenvalue weighted by atomic mass is 9.98. The number of nitro benzene ring substituents is 1. The molecule has 6 nitrogen and oxygen atoms in total. The number of benzene rings is 1. The fourth-order valence-corrected chi connectivity index (χ4v) is 2.83. The minimum absolute atomic E-state index is 0.125. The Labute approximate surface area is 122 Å². The number of nitro groups is 1. The maximum Gasteiger partial charge on any atom is 0.277 e. The summed E-state index contributed by atoms with van der Waals surface area (Å²) in [5, 5.41) is 19.3. The van der Waals surface area contributed by atoms with Gasteiger partial charge in [0.15, 0.2) is 0 Å². The van der Waals surface area contributed by atoms with Crippen LogP contribution in [-0.2, 0) is 0 Å². The Kier molecular flexibility index (Phi) is 3.96. The van der Waals surface area contributed by atoms with E-state index in [1.807, 2.05) is 0 Å². The van der Waals surface area contributed by atoms with Gasteiger partial charge in [-0.3, -0.25) is 15.1 Å². The number of fused-ring (bicyclic) bond motifs is 1. The fraction of sp³-hybridized carbons (Fsp3) is 0.400. The first-order valence-corrected chi connectivity index (χ1v) is 7.21. The van der Waals surface area contributed by atoms with E-state index in [2.05, 4.69) is 15.6 Å². The van der Waals surface area contributed by atoms with Crippen molar-refractivity contribution in [1.29, 1.82) is 0 Å². The average Bonchev–Trinajstić information content (AvgIpc) is 2.53. The third-order valence-corrected chi connectivity index (χ3v) is 4.03. The van der Waals surface area contributed by atoms with Crippen LogP contribution in [0.25, 0.3) is 10.8 Å². The predicted octanol–water partition coefficient (Wildman–Crippen LogP) is 2.55. The molecule has 1 aromatic heterocycles. The Balaban J connectivity index is 1.85. The molecule has 1 aliphatic heterocycles. The second-order valence-electron chi connectivity index (χ2n) is 5.38. The molecule has 3 rings (SSSR count). The van der Waals surface area contributed by atoms with Crippen molar-refractivity contribution < 1.29 is 4.92 Å². The first-order chi connectivity index (χ1) is 10.3. The molecule has 2 heterocycles. The van der Waals surface area contributed by atoms with Crippen LogP contribution in [0, 0.1) is 16.0 Å². The van der Waals surface area contributed by atoms with Crippen molar-refractivity contribution in [3.05, 3.63) is 40.7 Å². The van der Waals surface area contributed by atoms with E-state index in [0.29, 0.717) is 11.3 Å². The van der Waals surface area contributed by atoms with Crippen LogP contribution in [-0.4, -0.2) is 29.5 Å². The van der Waals surface area contributed by atoms with E-state index < -0.39 is 0 Å². The Morgan fingerprint density at radius 3 is 2.86 bits per heavy atom. The molecular weight excluding hydrogens is 268 g/mol. The van der Waals surface area contributed by atoms with Gasteiger partial charge in [0.1, 0.15) is 0 Å². The van der Waals surface area contributed by atoms with E-state index >= 15 is 0 Å². The lowest BCUT2D eigenvalue weighted by Gasteiger charge is -2.23. The van der Waals surface area contributed by atoms with Gasteiger partial charge in [-0.15, -0.1) is 0 Å². The first kappa shape index (κ1) is 13.8.